The van der Waals surface area contributed by atoms with E-state index in [2.05, 4.69) is 39.8 Å². The fourth-order valence-electron chi connectivity index (χ4n) is 5.44. The van der Waals surface area contributed by atoms with E-state index in [1.54, 1.807) is 7.11 Å². The number of aromatic nitrogens is 5. The summed E-state index contributed by atoms with van der Waals surface area (Å²) in [6, 6.07) is 10.2. The van der Waals surface area contributed by atoms with Gasteiger partial charge in [0.1, 0.15) is 22.9 Å². The summed E-state index contributed by atoms with van der Waals surface area (Å²) >= 11 is 0. The summed E-state index contributed by atoms with van der Waals surface area (Å²) in [6.45, 7) is 7.54. The second kappa shape index (κ2) is 9.02. The number of methoxy groups -OCH3 is 1. The van der Waals surface area contributed by atoms with E-state index in [4.69, 9.17) is 24.0 Å². The van der Waals surface area contributed by atoms with Crippen LogP contribution in [0.2, 0.25) is 0 Å². The van der Waals surface area contributed by atoms with Crippen molar-refractivity contribution in [3.05, 3.63) is 65.7 Å². The van der Waals surface area contributed by atoms with Crippen LogP contribution in [0.5, 0.6) is 5.75 Å². The fourth-order valence-corrected chi connectivity index (χ4v) is 5.44. The minimum atomic E-state index is -0.00659. The molecule has 8 heteroatoms. The lowest BCUT2D eigenvalue weighted by Gasteiger charge is -2.25. The number of fused-ring (bicyclic) bond motifs is 3. The van der Waals surface area contributed by atoms with Crippen molar-refractivity contribution in [3.8, 4) is 16.9 Å². The SMILES string of the molecule is COc1cc2c(cc1-c1c(C)noc1C)ncc1nc(C3CCOCC3)n([C@H](C)c3ccccn3)c12. The quantitative estimate of drug-likeness (QED) is 0.314. The summed E-state index contributed by atoms with van der Waals surface area (Å²) in [5.41, 5.74) is 6.46. The van der Waals surface area contributed by atoms with E-state index in [-0.39, 0.29) is 6.04 Å². The standard InChI is InChI=1S/C28H29N5O3/c1-16-26(18(3)36-32-16)21-13-23-20(14-25(21)34-4)27-24(15-30-23)31-28(19-8-11-35-12-9-19)33(27)17(2)22-7-5-6-10-29-22/h5-7,10,13-15,17,19H,8-9,11-12H2,1-4H3/t17-/m1/s1. The van der Waals surface area contributed by atoms with E-state index < -0.39 is 0 Å². The second-order valence-electron chi connectivity index (χ2n) is 9.42. The molecule has 0 N–H and O–H groups in total. The van der Waals surface area contributed by atoms with Crippen molar-refractivity contribution < 1.29 is 14.0 Å². The largest absolute Gasteiger partial charge is 0.496 e. The number of imidazole rings is 1. The minimum Gasteiger partial charge on any atom is -0.496 e. The summed E-state index contributed by atoms with van der Waals surface area (Å²) in [5, 5.41) is 5.14. The van der Waals surface area contributed by atoms with Crippen molar-refractivity contribution in [2.75, 3.05) is 20.3 Å². The molecule has 1 aromatic carbocycles. The monoisotopic (exact) mass is 483 g/mol. The Morgan fingerprint density at radius 1 is 1.08 bits per heavy atom. The van der Waals surface area contributed by atoms with Crippen LogP contribution in [0, 0.1) is 13.8 Å². The van der Waals surface area contributed by atoms with Crippen LogP contribution in [0.3, 0.4) is 0 Å². The molecule has 184 valence electrons. The van der Waals surface area contributed by atoms with Crippen molar-refractivity contribution in [2.45, 2.75) is 45.6 Å². The van der Waals surface area contributed by atoms with E-state index in [1.165, 1.54) is 0 Å². The zero-order valence-electron chi connectivity index (χ0n) is 21.0. The van der Waals surface area contributed by atoms with E-state index in [0.29, 0.717) is 5.92 Å². The Balaban J connectivity index is 1.64. The molecular formula is C28H29N5O3. The number of benzene rings is 1. The fraction of sp³-hybridized carbons (Fsp3) is 0.357. The smallest absolute Gasteiger partial charge is 0.141 e. The van der Waals surface area contributed by atoms with Gasteiger partial charge >= 0.3 is 0 Å². The Morgan fingerprint density at radius 3 is 2.61 bits per heavy atom. The third kappa shape index (κ3) is 3.64. The van der Waals surface area contributed by atoms with Gasteiger partial charge in [-0.2, -0.15) is 0 Å². The Kier molecular flexibility index (Phi) is 5.68. The van der Waals surface area contributed by atoms with Gasteiger partial charge in [-0.15, -0.1) is 0 Å². The maximum absolute atomic E-state index is 5.89. The molecule has 0 amide bonds. The van der Waals surface area contributed by atoms with Gasteiger partial charge in [0.15, 0.2) is 0 Å². The summed E-state index contributed by atoms with van der Waals surface area (Å²) in [7, 11) is 1.69. The molecule has 0 aliphatic carbocycles. The van der Waals surface area contributed by atoms with Crippen LogP contribution in [0.25, 0.3) is 33.1 Å². The summed E-state index contributed by atoms with van der Waals surface area (Å²) < 4.78 is 19.3. The van der Waals surface area contributed by atoms with E-state index in [0.717, 1.165) is 87.8 Å². The van der Waals surface area contributed by atoms with Gasteiger partial charge in [0.05, 0.1) is 47.3 Å². The lowest BCUT2D eigenvalue weighted by molar-refractivity contribution is 0.0828. The molecule has 1 aliphatic rings. The summed E-state index contributed by atoms with van der Waals surface area (Å²) in [5.74, 6) is 2.88. The van der Waals surface area contributed by atoms with Gasteiger partial charge in [0.25, 0.3) is 0 Å². The molecule has 6 rings (SSSR count). The third-order valence-electron chi connectivity index (χ3n) is 7.26. The van der Waals surface area contributed by atoms with Gasteiger partial charge < -0.3 is 18.6 Å². The molecule has 0 spiro atoms. The highest BCUT2D eigenvalue weighted by molar-refractivity contribution is 6.05. The molecule has 0 unspecified atom stereocenters. The van der Waals surface area contributed by atoms with Crippen molar-refractivity contribution in [1.29, 1.82) is 0 Å². The summed E-state index contributed by atoms with van der Waals surface area (Å²) in [6.07, 6.45) is 5.62. The second-order valence-corrected chi connectivity index (χ2v) is 9.42. The molecule has 5 heterocycles. The molecule has 0 radical (unpaired) electrons. The van der Waals surface area contributed by atoms with Gasteiger partial charge in [-0.1, -0.05) is 11.2 Å². The maximum Gasteiger partial charge on any atom is 0.141 e. The number of hydrogen-bond acceptors (Lipinski definition) is 7. The first-order valence-corrected chi connectivity index (χ1v) is 12.4. The molecule has 0 saturated carbocycles. The number of aryl methyl sites for hydroxylation is 2. The topological polar surface area (TPSA) is 88.1 Å². The minimum absolute atomic E-state index is 0.00659. The van der Waals surface area contributed by atoms with Crippen LogP contribution < -0.4 is 4.74 Å². The van der Waals surface area contributed by atoms with Crippen LogP contribution >= 0.6 is 0 Å². The Labute approximate surface area is 209 Å². The van der Waals surface area contributed by atoms with Crippen LogP contribution in [-0.2, 0) is 4.74 Å². The van der Waals surface area contributed by atoms with Crippen molar-refractivity contribution >= 4 is 21.9 Å². The maximum atomic E-state index is 5.89. The molecule has 8 nitrogen and oxygen atoms in total. The molecule has 0 bridgehead atoms. The molecule has 1 fully saturated rings. The average Bonchev–Trinajstić information content (AvgIpc) is 3.48. The first-order chi connectivity index (χ1) is 17.6. The molecule has 5 aromatic rings. The van der Waals surface area contributed by atoms with Gasteiger partial charge in [0, 0.05) is 36.3 Å². The number of ether oxygens (including phenoxy) is 2. The van der Waals surface area contributed by atoms with E-state index in [1.807, 2.05) is 38.4 Å². The van der Waals surface area contributed by atoms with E-state index in [9.17, 15) is 0 Å². The van der Waals surface area contributed by atoms with Crippen molar-refractivity contribution in [2.24, 2.45) is 0 Å². The Hall–Kier alpha value is -3.78. The highest BCUT2D eigenvalue weighted by Gasteiger charge is 2.28. The zero-order chi connectivity index (χ0) is 24.8. The normalized spacial score (nSPS) is 15.6. The predicted molar refractivity (Wildman–Crippen MR) is 137 cm³/mol. The van der Waals surface area contributed by atoms with E-state index >= 15 is 0 Å². The van der Waals surface area contributed by atoms with Crippen molar-refractivity contribution in [1.82, 2.24) is 24.7 Å². The number of pyridine rings is 2. The highest BCUT2D eigenvalue weighted by atomic mass is 16.5. The number of nitrogens with zero attached hydrogens (tertiary/aromatic N) is 5. The van der Waals surface area contributed by atoms with Crippen molar-refractivity contribution in [3.63, 3.8) is 0 Å². The predicted octanol–water partition coefficient (Wildman–Crippen LogP) is 5.76. The molecule has 1 atom stereocenters. The summed E-state index contributed by atoms with van der Waals surface area (Å²) in [4.78, 5) is 14.6. The number of hydrogen-bond donors (Lipinski definition) is 0. The van der Waals surface area contributed by atoms with Crippen LogP contribution in [0.1, 0.15) is 54.7 Å². The Bertz CT molecular complexity index is 1530. The highest BCUT2D eigenvalue weighted by Crippen LogP contribution is 2.41. The lowest BCUT2D eigenvalue weighted by atomic mass is 9.98. The van der Waals surface area contributed by atoms with Gasteiger partial charge in [-0.3, -0.25) is 9.97 Å². The van der Waals surface area contributed by atoms with Crippen LogP contribution in [-0.4, -0.2) is 45.0 Å². The number of rotatable bonds is 5. The first-order valence-electron chi connectivity index (χ1n) is 12.4. The molecule has 1 aliphatic heterocycles. The Morgan fingerprint density at radius 2 is 1.92 bits per heavy atom. The molecular weight excluding hydrogens is 454 g/mol. The molecule has 36 heavy (non-hydrogen) atoms. The van der Waals surface area contributed by atoms with Gasteiger partial charge in [-0.05, 0) is 57.9 Å². The van der Waals surface area contributed by atoms with Gasteiger partial charge in [-0.25, -0.2) is 4.98 Å². The zero-order valence-corrected chi connectivity index (χ0v) is 21.0. The first kappa shape index (κ1) is 22.7. The third-order valence-corrected chi connectivity index (χ3v) is 7.26. The van der Waals surface area contributed by atoms with Crippen LogP contribution in [0.4, 0.5) is 0 Å². The molecule has 4 aromatic heterocycles. The lowest BCUT2D eigenvalue weighted by Crippen LogP contribution is -2.20. The van der Waals surface area contributed by atoms with Gasteiger partial charge in [0.2, 0.25) is 0 Å². The van der Waals surface area contributed by atoms with Crippen LogP contribution in [0.15, 0.2) is 47.2 Å². The average molecular weight is 484 g/mol. The molecule has 1 saturated heterocycles.